The van der Waals surface area contributed by atoms with Gasteiger partial charge in [0.05, 0.1) is 5.69 Å². The first-order valence-corrected chi connectivity index (χ1v) is 9.60. The molecule has 2 aromatic carbocycles. The van der Waals surface area contributed by atoms with E-state index in [0.717, 1.165) is 16.5 Å². The number of benzene rings is 2. The van der Waals surface area contributed by atoms with Gasteiger partial charge in [-0.3, -0.25) is 0 Å². The van der Waals surface area contributed by atoms with Gasteiger partial charge in [-0.1, -0.05) is 23.7 Å². The van der Waals surface area contributed by atoms with Crippen molar-refractivity contribution in [2.24, 2.45) is 0 Å². The summed E-state index contributed by atoms with van der Waals surface area (Å²) in [6.45, 7) is 0. The standard InChI is InChI=1S/C21H20ClF2N3O/c22-15-3-6-18-17(11-15)19(12-25-18)27-20(28)26-16-4-1-13(2-5-16)14-7-9-21(23,24)10-8-14/h1-6,11-12,14,25H,7-10H2,(H2,26,27,28). The summed E-state index contributed by atoms with van der Waals surface area (Å²) in [6.07, 6.45) is 2.57. The number of fused-ring (bicyclic) bond motifs is 1. The molecule has 0 atom stereocenters. The smallest absolute Gasteiger partial charge is 0.323 e. The van der Waals surface area contributed by atoms with E-state index in [2.05, 4.69) is 15.6 Å². The lowest BCUT2D eigenvalue weighted by atomic mass is 9.82. The van der Waals surface area contributed by atoms with Crippen molar-refractivity contribution in [3.63, 3.8) is 0 Å². The molecule has 1 aliphatic carbocycles. The quantitative estimate of drug-likeness (QED) is 0.444. The molecule has 0 spiro atoms. The maximum Gasteiger partial charge on any atom is 0.323 e. The summed E-state index contributed by atoms with van der Waals surface area (Å²) in [7, 11) is 0. The lowest BCUT2D eigenvalue weighted by Crippen LogP contribution is -2.23. The zero-order valence-electron chi connectivity index (χ0n) is 15.1. The van der Waals surface area contributed by atoms with Crippen LogP contribution in [-0.4, -0.2) is 16.9 Å². The molecule has 0 radical (unpaired) electrons. The van der Waals surface area contributed by atoms with E-state index in [-0.39, 0.29) is 24.8 Å². The number of rotatable bonds is 3. The van der Waals surface area contributed by atoms with Crippen molar-refractivity contribution < 1.29 is 13.6 Å². The van der Waals surface area contributed by atoms with Crippen molar-refractivity contribution in [3.8, 4) is 0 Å². The van der Waals surface area contributed by atoms with Crippen LogP contribution in [0.2, 0.25) is 5.02 Å². The van der Waals surface area contributed by atoms with Crippen molar-refractivity contribution in [2.45, 2.75) is 37.5 Å². The van der Waals surface area contributed by atoms with E-state index in [1.54, 1.807) is 30.5 Å². The normalized spacial score (nSPS) is 16.8. The average Bonchev–Trinajstić information content (AvgIpc) is 3.04. The molecule has 1 aromatic heterocycles. The third-order valence-corrected chi connectivity index (χ3v) is 5.48. The van der Waals surface area contributed by atoms with Gasteiger partial charge in [0, 0.05) is 40.7 Å². The zero-order valence-corrected chi connectivity index (χ0v) is 15.8. The molecule has 0 unspecified atom stereocenters. The van der Waals surface area contributed by atoms with E-state index in [9.17, 15) is 13.6 Å². The maximum absolute atomic E-state index is 13.3. The minimum absolute atomic E-state index is 0.0608. The van der Waals surface area contributed by atoms with E-state index < -0.39 is 5.92 Å². The first kappa shape index (κ1) is 18.7. The Morgan fingerprint density at radius 2 is 1.79 bits per heavy atom. The van der Waals surface area contributed by atoms with Crippen molar-refractivity contribution in [1.29, 1.82) is 0 Å². The molecular weight excluding hydrogens is 384 g/mol. The van der Waals surface area contributed by atoms with Crippen molar-refractivity contribution in [1.82, 2.24) is 4.98 Å². The van der Waals surface area contributed by atoms with Gasteiger partial charge in [-0.05, 0) is 54.7 Å². The van der Waals surface area contributed by atoms with Crippen LogP contribution >= 0.6 is 11.6 Å². The highest BCUT2D eigenvalue weighted by atomic mass is 35.5. The summed E-state index contributed by atoms with van der Waals surface area (Å²) in [6, 6.07) is 12.4. The van der Waals surface area contributed by atoms with Crippen LogP contribution < -0.4 is 10.6 Å². The van der Waals surface area contributed by atoms with Crippen molar-refractivity contribution in [3.05, 3.63) is 59.2 Å². The van der Waals surface area contributed by atoms with Gasteiger partial charge in [0.25, 0.3) is 0 Å². The Hall–Kier alpha value is -2.60. The predicted molar refractivity (Wildman–Crippen MR) is 109 cm³/mol. The fourth-order valence-electron chi connectivity index (χ4n) is 3.69. The van der Waals surface area contributed by atoms with Gasteiger partial charge in [-0.25, -0.2) is 13.6 Å². The van der Waals surface area contributed by atoms with Gasteiger partial charge >= 0.3 is 6.03 Å². The number of amides is 2. The molecule has 1 saturated carbocycles. The number of hydrogen-bond donors (Lipinski definition) is 3. The fraction of sp³-hybridized carbons (Fsp3) is 0.286. The average molecular weight is 404 g/mol. The second kappa shape index (κ2) is 7.43. The molecule has 1 heterocycles. The van der Waals surface area contributed by atoms with E-state index in [4.69, 9.17) is 11.6 Å². The predicted octanol–water partition coefficient (Wildman–Crippen LogP) is 6.76. The molecule has 4 rings (SSSR count). The van der Waals surface area contributed by atoms with E-state index in [1.165, 1.54) is 0 Å². The first-order valence-electron chi connectivity index (χ1n) is 9.22. The molecule has 1 fully saturated rings. The molecule has 0 aliphatic heterocycles. The minimum atomic E-state index is -2.53. The van der Waals surface area contributed by atoms with Gasteiger partial charge < -0.3 is 15.6 Å². The van der Waals surface area contributed by atoms with Crippen molar-refractivity contribution in [2.75, 3.05) is 10.6 Å². The summed E-state index contributed by atoms with van der Waals surface area (Å²) in [5.74, 6) is -2.37. The number of carbonyl (C=O) groups is 1. The molecule has 28 heavy (non-hydrogen) atoms. The second-order valence-electron chi connectivity index (χ2n) is 7.22. The van der Waals surface area contributed by atoms with Crippen LogP contribution in [0.25, 0.3) is 10.9 Å². The van der Waals surface area contributed by atoms with Crippen LogP contribution in [0.1, 0.15) is 37.2 Å². The largest absolute Gasteiger partial charge is 0.359 e. The number of hydrogen-bond acceptors (Lipinski definition) is 1. The molecule has 0 saturated heterocycles. The van der Waals surface area contributed by atoms with Crippen LogP contribution in [0.3, 0.4) is 0 Å². The highest BCUT2D eigenvalue weighted by Gasteiger charge is 2.35. The van der Waals surface area contributed by atoms with E-state index in [0.29, 0.717) is 29.2 Å². The summed E-state index contributed by atoms with van der Waals surface area (Å²) in [5.41, 5.74) is 3.19. The van der Waals surface area contributed by atoms with Crippen LogP contribution in [0, 0.1) is 0 Å². The van der Waals surface area contributed by atoms with Crippen LogP contribution in [0.15, 0.2) is 48.7 Å². The molecule has 3 aromatic rings. The SMILES string of the molecule is O=C(Nc1ccc(C2CCC(F)(F)CC2)cc1)Nc1c[nH]c2ccc(Cl)cc12. The summed E-state index contributed by atoms with van der Waals surface area (Å²) < 4.78 is 26.6. The Labute approximate surface area is 166 Å². The number of nitrogens with one attached hydrogen (secondary N) is 3. The van der Waals surface area contributed by atoms with Crippen LogP contribution in [0.4, 0.5) is 25.0 Å². The number of anilines is 2. The molecule has 1 aliphatic rings. The zero-order chi connectivity index (χ0) is 19.7. The number of aromatic nitrogens is 1. The molecule has 2 amide bonds. The lowest BCUT2D eigenvalue weighted by Gasteiger charge is -2.28. The number of urea groups is 1. The molecule has 0 bridgehead atoms. The maximum atomic E-state index is 13.3. The molecule has 7 heteroatoms. The number of carbonyl (C=O) groups excluding carboxylic acids is 1. The molecule has 3 N–H and O–H groups in total. The van der Waals surface area contributed by atoms with Crippen LogP contribution in [-0.2, 0) is 0 Å². The second-order valence-corrected chi connectivity index (χ2v) is 7.66. The topological polar surface area (TPSA) is 56.9 Å². The van der Waals surface area contributed by atoms with E-state index >= 15 is 0 Å². The number of alkyl halides is 2. The van der Waals surface area contributed by atoms with Gasteiger partial charge in [0.1, 0.15) is 0 Å². The highest BCUT2D eigenvalue weighted by Crippen LogP contribution is 2.41. The Kier molecular flexibility index (Phi) is 4.98. The summed E-state index contributed by atoms with van der Waals surface area (Å²) in [4.78, 5) is 15.4. The van der Waals surface area contributed by atoms with Gasteiger partial charge in [-0.15, -0.1) is 0 Å². The Bertz CT molecular complexity index is 991. The summed E-state index contributed by atoms with van der Waals surface area (Å²) >= 11 is 6.02. The monoisotopic (exact) mass is 403 g/mol. The molecule has 146 valence electrons. The van der Waals surface area contributed by atoms with Crippen molar-refractivity contribution >= 4 is 39.9 Å². The van der Waals surface area contributed by atoms with Gasteiger partial charge in [0.2, 0.25) is 5.92 Å². The molecule has 4 nitrogen and oxygen atoms in total. The Morgan fingerprint density at radius 1 is 1.07 bits per heavy atom. The minimum Gasteiger partial charge on any atom is -0.359 e. The highest BCUT2D eigenvalue weighted by molar-refractivity contribution is 6.31. The van der Waals surface area contributed by atoms with Gasteiger partial charge in [0.15, 0.2) is 0 Å². The van der Waals surface area contributed by atoms with E-state index in [1.807, 2.05) is 18.2 Å². The lowest BCUT2D eigenvalue weighted by molar-refractivity contribution is -0.0382. The summed E-state index contributed by atoms with van der Waals surface area (Å²) in [5, 5.41) is 7.01. The number of halogens is 3. The number of H-pyrrole nitrogens is 1. The Morgan fingerprint density at radius 3 is 2.50 bits per heavy atom. The Balaban J connectivity index is 1.39. The molecular formula is C21H20ClF2N3O. The third kappa shape index (κ3) is 4.12. The van der Waals surface area contributed by atoms with Gasteiger partial charge in [-0.2, -0.15) is 0 Å². The van der Waals surface area contributed by atoms with Crippen LogP contribution in [0.5, 0.6) is 0 Å². The third-order valence-electron chi connectivity index (χ3n) is 5.25. The first-order chi connectivity index (χ1) is 13.4. The number of aromatic amines is 1. The fourth-order valence-corrected chi connectivity index (χ4v) is 3.87.